The van der Waals surface area contributed by atoms with Gasteiger partial charge in [0.2, 0.25) is 21.9 Å². The third-order valence-corrected chi connectivity index (χ3v) is 6.81. The van der Waals surface area contributed by atoms with Gasteiger partial charge < -0.3 is 14.8 Å². The summed E-state index contributed by atoms with van der Waals surface area (Å²) in [6, 6.07) is 15.9. The van der Waals surface area contributed by atoms with Gasteiger partial charge in [0.05, 0.1) is 19.1 Å². The predicted octanol–water partition coefficient (Wildman–Crippen LogP) is 4.57. The van der Waals surface area contributed by atoms with Crippen LogP contribution in [-0.2, 0) is 10.0 Å². The maximum absolute atomic E-state index is 13.9. The van der Waals surface area contributed by atoms with Crippen LogP contribution >= 0.6 is 0 Å². The highest BCUT2D eigenvalue weighted by Gasteiger charge is 2.19. The number of hydrogen-bond acceptors (Lipinski definition) is 7. The molecule has 0 amide bonds. The Bertz CT molecular complexity index is 1410. The first kappa shape index (κ1) is 23.4. The van der Waals surface area contributed by atoms with Crippen molar-refractivity contribution < 1.29 is 22.3 Å². The number of nitrogens with one attached hydrogen (secondary N) is 2. The number of hydrogen-bond donors (Lipinski definition) is 2. The Balaban J connectivity index is 1.53. The first-order chi connectivity index (χ1) is 16.3. The van der Waals surface area contributed by atoms with Crippen molar-refractivity contribution >= 4 is 32.3 Å². The zero-order chi connectivity index (χ0) is 24.3. The number of halogens is 1. The van der Waals surface area contributed by atoms with E-state index in [0.717, 1.165) is 5.56 Å². The molecule has 2 heterocycles. The Labute approximate surface area is 196 Å². The molecule has 0 spiro atoms. The van der Waals surface area contributed by atoms with Crippen molar-refractivity contribution in [2.24, 2.45) is 0 Å². The quantitative estimate of drug-likeness (QED) is 0.355. The van der Waals surface area contributed by atoms with Crippen LogP contribution in [0.1, 0.15) is 18.5 Å². The van der Waals surface area contributed by atoms with E-state index in [9.17, 15) is 12.8 Å². The second kappa shape index (κ2) is 9.62. The summed E-state index contributed by atoms with van der Waals surface area (Å²) in [4.78, 5) is 8.04. The van der Waals surface area contributed by atoms with Gasteiger partial charge in [-0.3, -0.25) is 4.98 Å². The highest BCUT2D eigenvalue weighted by Crippen LogP contribution is 2.30. The molecule has 0 saturated heterocycles. The van der Waals surface area contributed by atoms with Gasteiger partial charge in [0.25, 0.3) is 0 Å². The van der Waals surface area contributed by atoms with Gasteiger partial charge >= 0.3 is 0 Å². The van der Waals surface area contributed by atoms with Gasteiger partial charge in [-0.15, -0.1) is 0 Å². The first-order valence-electron chi connectivity index (χ1n) is 10.3. The zero-order valence-corrected chi connectivity index (χ0v) is 19.6. The summed E-state index contributed by atoms with van der Waals surface area (Å²) in [5, 5.41) is 3.65. The van der Waals surface area contributed by atoms with Crippen LogP contribution in [0.2, 0.25) is 0 Å². The smallest absolute Gasteiger partial charge is 0.243 e. The summed E-state index contributed by atoms with van der Waals surface area (Å²) in [5.74, 6) is 0.0809. The second-order valence-corrected chi connectivity index (χ2v) is 9.19. The summed E-state index contributed by atoms with van der Waals surface area (Å²) in [7, 11) is -0.789. The van der Waals surface area contributed by atoms with Gasteiger partial charge in [0.1, 0.15) is 11.3 Å². The number of aromatic nitrogens is 2. The van der Waals surface area contributed by atoms with Crippen LogP contribution in [0.4, 0.5) is 15.8 Å². The van der Waals surface area contributed by atoms with Crippen molar-refractivity contribution in [1.29, 1.82) is 0 Å². The van der Waals surface area contributed by atoms with Crippen molar-refractivity contribution in [2.45, 2.75) is 17.9 Å². The van der Waals surface area contributed by atoms with Crippen LogP contribution in [0.25, 0.3) is 10.9 Å². The molecular weight excluding hydrogens is 459 g/mol. The predicted molar refractivity (Wildman–Crippen MR) is 128 cm³/mol. The molecular formula is C24H23FN4O4S. The van der Waals surface area contributed by atoms with Crippen molar-refractivity contribution in [3.63, 3.8) is 0 Å². The number of benzene rings is 2. The number of rotatable bonds is 8. The maximum atomic E-state index is 13.9. The van der Waals surface area contributed by atoms with Crippen molar-refractivity contribution in [3.05, 3.63) is 78.4 Å². The maximum Gasteiger partial charge on any atom is 0.243 e. The zero-order valence-electron chi connectivity index (χ0n) is 18.7. The third-order valence-electron chi connectivity index (χ3n) is 5.25. The van der Waals surface area contributed by atoms with Crippen LogP contribution in [-0.4, -0.2) is 32.6 Å². The molecule has 0 aliphatic heterocycles. The monoisotopic (exact) mass is 482 g/mol. The molecule has 0 aliphatic carbocycles. The van der Waals surface area contributed by atoms with E-state index in [1.807, 2.05) is 12.1 Å². The number of pyridine rings is 2. The SMILES string of the molecule is COc1ccc(C(C)NS(=O)(=O)c2ccc(Nc3ccnc4c(OC)nc(F)cc34)cc2)cc1. The molecule has 0 saturated carbocycles. The summed E-state index contributed by atoms with van der Waals surface area (Å²) in [6.07, 6.45) is 1.55. The van der Waals surface area contributed by atoms with Crippen LogP contribution in [0.5, 0.6) is 11.6 Å². The lowest BCUT2D eigenvalue weighted by atomic mass is 10.1. The van der Waals surface area contributed by atoms with E-state index in [1.54, 1.807) is 50.6 Å². The minimum Gasteiger partial charge on any atom is -0.497 e. The van der Waals surface area contributed by atoms with Crippen LogP contribution in [0.3, 0.4) is 0 Å². The molecule has 176 valence electrons. The Morgan fingerprint density at radius 1 is 0.971 bits per heavy atom. The van der Waals surface area contributed by atoms with Crippen LogP contribution in [0.15, 0.2) is 71.8 Å². The fourth-order valence-electron chi connectivity index (χ4n) is 3.48. The van der Waals surface area contributed by atoms with Crippen molar-refractivity contribution in [3.8, 4) is 11.6 Å². The minimum absolute atomic E-state index is 0.0807. The number of anilines is 2. The van der Waals surface area contributed by atoms with E-state index in [4.69, 9.17) is 9.47 Å². The van der Waals surface area contributed by atoms with Gasteiger partial charge in [-0.25, -0.2) is 13.1 Å². The van der Waals surface area contributed by atoms with Gasteiger partial charge in [0.15, 0.2) is 0 Å². The van der Waals surface area contributed by atoms with Crippen LogP contribution in [0, 0.1) is 5.95 Å². The molecule has 4 aromatic rings. The molecule has 1 unspecified atom stereocenters. The van der Waals surface area contributed by atoms with E-state index in [0.29, 0.717) is 28.0 Å². The Kier molecular flexibility index (Phi) is 6.62. The molecule has 0 bridgehead atoms. The third kappa shape index (κ3) is 4.92. The fourth-order valence-corrected chi connectivity index (χ4v) is 4.71. The second-order valence-electron chi connectivity index (χ2n) is 7.47. The Hall–Kier alpha value is -3.76. The lowest BCUT2D eigenvalue weighted by Gasteiger charge is -2.16. The number of fused-ring (bicyclic) bond motifs is 1. The highest BCUT2D eigenvalue weighted by molar-refractivity contribution is 7.89. The van der Waals surface area contributed by atoms with Gasteiger partial charge in [0, 0.05) is 35.1 Å². The normalized spacial score (nSPS) is 12.4. The van der Waals surface area contributed by atoms with E-state index in [1.165, 1.54) is 25.3 Å². The van der Waals surface area contributed by atoms with Crippen molar-refractivity contribution in [1.82, 2.24) is 14.7 Å². The van der Waals surface area contributed by atoms with E-state index in [2.05, 4.69) is 20.0 Å². The largest absolute Gasteiger partial charge is 0.497 e. The average Bonchev–Trinajstić information content (AvgIpc) is 2.84. The molecule has 4 rings (SSSR count). The van der Waals surface area contributed by atoms with Crippen LogP contribution < -0.4 is 19.5 Å². The molecule has 34 heavy (non-hydrogen) atoms. The van der Waals surface area contributed by atoms with E-state index in [-0.39, 0.29) is 10.8 Å². The molecule has 0 fully saturated rings. The molecule has 10 heteroatoms. The number of ether oxygens (including phenoxy) is 2. The van der Waals surface area contributed by atoms with Gasteiger partial charge in [-0.05, 0) is 55.0 Å². The first-order valence-corrected chi connectivity index (χ1v) is 11.8. The number of sulfonamides is 1. The topological polar surface area (TPSA) is 102 Å². The fraction of sp³-hybridized carbons (Fsp3) is 0.167. The molecule has 0 radical (unpaired) electrons. The molecule has 8 nitrogen and oxygen atoms in total. The Morgan fingerprint density at radius 2 is 1.68 bits per heavy atom. The summed E-state index contributed by atoms with van der Waals surface area (Å²) < 4.78 is 52.6. The lowest BCUT2D eigenvalue weighted by Crippen LogP contribution is -2.26. The lowest BCUT2D eigenvalue weighted by molar-refractivity contribution is 0.392. The van der Waals surface area contributed by atoms with Gasteiger partial charge in [-0.2, -0.15) is 9.37 Å². The standard InChI is InChI=1S/C24H23FN4O4S/c1-15(16-4-8-18(32-2)9-5-16)29-34(30,31)19-10-6-17(7-11-19)27-21-12-13-26-23-20(21)14-22(25)28-24(23)33-3/h4-15,29H,1-3H3,(H,26,27). The summed E-state index contributed by atoms with van der Waals surface area (Å²) in [6.45, 7) is 1.77. The molecule has 2 aromatic heterocycles. The molecule has 2 N–H and O–H groups in total. The van der Waals surface area contributed by atoms with E-state index >= 15 is 0 Å². The van der Waals surface area contributed by atoms with E-state index < -0.39 is 22.0 Å². The van der Waals surface area contributed by atoms with Gasteiger partial charge in [-0.1, -0.05) is 12.1 Å². The molecule has 1 atom stereocenters. The molecule has 0 aliphatic rings. The number of nitrogens with zero attached hydrogens (tertiary/aromatic N) is 2. The summed E-state index contributed by atoms with van der Waals surface area (Å²) >= 11 is 0. The average molecular weight is 483 g/mol. The number of methoxy groups -OCH3 is 2. The Morgan fingerprint density at radius 3 is 2.32 bits per heavy atom. The highest BCUT2D eigenvalue weighted by atomic mass is 32.2. The van der Waals surface area contributed by atoms with Crippen molar-refractivity contribution in [2.75, 3.05) is 19.5 Å². The minimum atomic E-state index is -3.76. The molecule has 2 aromatic carbocycles. The summed E-state index contributed by atoms with van der Waals surface area (Å²) in [5.41, 5.74) is 2.41.